The maximum absolute atomic E-state index is 13.8. The fourth-order valence-electron chi connectivity index (χ4n) is 4.15. The zero-order chi connectivity index (χ0) is 26.0. The summed E-state index contributed by atoms with van der Waals surface area (Å²) in [7, 11) is 0. The predicted octanol–water partition coefficient (Wildman–Crippen LogP) is -0.213. The Morgan fingerprint density at radius 2 is 1.71 bits per heavy atom. The zero-order valence-electron chi connectivity index (χ0n) is 20.7. The van der Waals surface area contributed by atoms with Gasteiger partial charge in [-0.1, -0.05) is 50.6 Å². The van der Waals surface area contributed by atoms with E-state index in [4.69, 9.17) is 17.2 Å². The number of rotatable bonds is 13. The number of nitrogens with zero attached hydrogens (tertiary/aromatic N) is 1. The third-order valence-corrected chi connectivity index (χ3v) is 6.20. The van der Waals surface area contributed by atoms with Crippen molar-refractivity contribution in [3.05, 3.63) is 35.9 Å². The number of nitrogens with two attached hydrogens (primary N) is 3. The van der Waals surface area contributed by atoms with Crippen molar-refractivity contribution in [3.8, 4) is 0 Å². The summed E-state index contributed by atoms with van der Waals surface area (Å²) in [5.41, 5.74) is 18.0. The normalized spacial score (nSPS) is 19.9. The van der Waals surface area contributed by atoms with Crippen molar-refractivity contribution in [2.45, 2.75) is 76.5 Å². The number of carbonyl (C=O) groups is 4. The summed E-state index contributed by atoms with van der Waals surface area (Å²) in [6, 6.07) is 5.49. The Morgan fingerprint density at radius 3 is 2.31 bits per heavy atom. The Morgan fingerprint density at radius 1 is 1.06 bits per heavy atom. The highest BCUT2D eigenvalue weighted by Gasteiger charge is 2.46. The summed E-state index contributed by atoms with van der Waals surface area (Å²) < 4.78 is 0. The van der Waals surface area contributed by atoms with E-state index in [-0.39, 0.29) is 18.8 Å². The van der Waals surface area contributed by atoms with E-state index in [0.29, 0.717) is 32.4 Å². The van der Waals surface area contributed by atoms with Crippen LogP contribution in [0.4, 0.5) is 0 Å². The molecule has 1 heterocycles. The first-order valence-electron chi connectivity index (χ1n) is 12.4. The Balaban J connectivity index is 2.35. The molecule has 35 heavy (non-hydrogen) atoms. The van der Waals surface area contributed by atoms with Gasteiger partial charge in [0.1, 0.15) is 18.1 Å². The summed E-state index contributed by atoms with van der Waals surface area (Å²) in [4.78, 5) is 54.1. The van der Waals surface area contributed by atoms with E-state index in [9.17, 15) is 19.2 Å². The molecule has 10 heteroatoms. The summed E-state index contributed by atoms with van der Waals surface area (Å²) in [5, 5.41) is 5.50. The second-order valence-corrected chi connectivity index (χ2v) is 9.37. The highest BCUT2D eigenvalue weighted by atomic mass is 16.2. The number of carbonyl (C=O) groups excluding carboxylic acids is 4. The van der Waals surface area contributed by atoms with Crippen molar-refractivity contribution in [1.82, 2.24) is 15.5 Å². The van der Waals surface area contributed by atoms with Crippen LogP contribution in [0.3, 0.4) is 0 Å². The average Bonchev–Trinajstić information content (AvgIpc) is 2.83. The van der Waals surface area contributed by atoms with Crippen LogP contribution in [0, 0.1) is 5.92 Å². The van der Waals surface area contributed by atoms with Crippen LogP contribution in [0.5, 0.6) is 0 Å². The number of imide groups is 1. The van der Waals surface area contributed by atoms with Gasteiger partial charge >= 0.3 is 0 Å². The first kappa shape index (κ1) is 28.4. The molecule has 0 radical (unpaired) electrons. The Labute approximate surface area is 207 Å². The number of nitrogens with one attached hydrogen (secondary N) is 2. The minimum Gasteiger partial charge on any atom is -0.343 e. The number of hydrogen-bond donors (Lipinski definition) is 5. The largest absolute Gasteiger partial charge is 0.343 e. The quantitative estimate of drug-likeness (QED) is 0.239. The molecule has 0 aliphatic carbocycles. The number of amides is 4. The second-order valence-electron chi connectivity index (χ2n) is 9.37. The van der Waals surface area contributed by atoms with Gasteiger partial charge in [-0.15, -0.1) is 0 Å². The van der Waals surface area contributed by atoms with Gasteiger partial charge in [-0.3, -0.25) is 24.1 Å². The lowest BCUT2D eigenvalue weighted by molar-refractivity contribution is -0.161. The molecule has 1 aliphatic heterocycles. The molecule has 2 rings (SSSR count). The van der Waals surface area contributed by atoms with Crippen molar-refractivity contribution in [2.75, 3.05) is 13.1 Å². The Hall–Kier alpha value is -2.82. The first-order chi connectivity index (χ1) is 16.7. The van der Waals surface area contributed by atoms with Crippen molar-refractivity contribution in [1.29, 1.82) is 0 Å². The molecule has 10 nitrogen and oxygen atoms in total. The lowest BCUT2D eigenvalue weighted by Crippen LogP contribution is -2.68. The molecule has 0 unspecified atom stereocenters. The van der Waals surface area contributed by atoms with Gasteiger partial charge in [-0.2, -0.15) is 0 Å². The van der Waals surface area contributed by atoms with E-state index in [1.807, 2.05) is 30.3 Å². The Kier molecular flexibility index (Phi) is 11.3. The third kappa shape index (κ3) is 7.84. The molecule has 1 saturated heterocycles. The monoisotopic (exact) mass is 488 g/mol. The summed E-state index contributed by atoms with van der Waals surface area (Å²) in [6.07, 6.45) is 2.71. The summed E-state index contributed by atoms with van der Waals surface area (Å²) >= 11 is 0. The fourth-order valence-corrected chi connectivity index (χ4v) is 4.15. The highest BCUT2D eigenvalue weighted by Crippen LogP contribution is 2.21. The maximum atomic E-state index is 13.8. The van der Waals surface area contributed by atoms with Crippen molar-refractivity contribution in [3.63, 3.8) is 0 Å². The van der Waals surface area contributed by atoms with Crippen LogP contribution in [-0.4, -0.2) is 65.8 Å². The number of benzene rings is 1. The van der Waals surface area contributed by atoms with Gasteiger partial charge in [0.25, 0.3) is 11.8 Å². The van der Waals surface area contributed by atoms with E-state index in [1.54, 1.807) is 13.8 Å². The van der Waals surface area contributed by atoms with Gasteiger partial charge in [-0.25, -0.2) is 0 Å². The van der Waals surface area contributed by atoms with Crippen LogP contribution in [-0.2, 0) is 25.6 Å². The van der Waals surface area contributed by atoms with Crippen molar-refractivity contribution in [2.24, 2.45) is 23.1 Å². The van der Waals surface area contributed by atoms with Crippen LogP contribution in [0.25, 0.3) is 0 Å². The fraction of sp³-hybridized carbons (Fsp3) is 0.600. The number of piperazine rings is 1. The molecule has 1 aromatic carbocycles. The molecule has 8 N–H and O–H groups in total. The van der Waals surface area contributed by atoms with Crippen LogP contribution < -0.4 is 27.8 Å². The highest BCUT2D eigenvalue weighted by molar-refractivity contribution is 6.08. The molecule has 1 fully saturated rings. The summed E-state index contributed by atoms with van der Waals surface area (Å²) in [6.45, 7) is 4.42. The predicted molar refractivity (Wildman–Crippen MR) is 134 cm³/mol. The molecule has 0 spiro atoms. The van der Waals surface area contributed by atoms with Gasteiger partial charge < -0.3 is 27.8 Å². The molecule has 194 valence electrons. The van der Waals surface area contributed by atoms with Gasteiger partial charge in [0.15, 0.2) is 0 Å². The zero-order valence-corrected chi connectivity index (χ0v) is 20.7. The molecule has 0 bridgehead atoms. The van der Waals surface area contributed by atoms with Crippen LogP contribution in [0.15, 0.2) is 30.3 Å². The molecular formula is C25H40N6O4. The number of hydrogen-bond acceptors (Lipinski definition) is 7. The molecule has 1 aliphatic rings. The van der Waals surface area contributed by atoms with Gasteiger partial charge in [0.05, 0.1) is 6.04 Å². The van der Waals surface area contributed by atoms with Crippen LogP contribution in [0.1, 0.15) is 51.5 Å². The molecule has 1 aromatic rings. The van der Waals surface area contributed by atoms with Gasteiger partial charge in [0.2, 0.25) is 11.8 Å². The van der Waals surface area contributed by atoms with E-state index >= 15 is 0 Å². The maximum Gasteiger partial charge on any atom is 0.252 e. The lowest BCUT2D eigenvalue weighted by Gasteiger charge is -2.40. The van der Waals surface area contributed by atoms with E-state index in [0.717, 1.165) is 16.9 Å². The minimum atomic E-state index is -1.06. The van der Waals surface area contributed by atoms with Crippen molar-refractivity contribution < 1.29 is 19.2 Å². The SMILES string of the molecule is CC(C)[C@@H]1NC(=O)[C@@H](CCCN)N(C(=O)[C@H](Cc2ccccc2)NC(=O)[C@H](N)CCCCN)C1=O. The molecule has 4 atom stereocenters. The molecular weight excluding hydrogens is 448 g/mol. The van der Waals surface area contributed by atoms with Gasteiger partial charge in [-0.05, 0) is 50.3 Å². The molecule has 0 saturated carbocycles. The van der Waals surface area contributed by atoms with E-state index in [1.165, 1.54) is 0 Å². The number of unbranched alkanes of at least 4 members (excludes halogenated alkanes) is 1. The first-order valence-corrected chi connectivity index (χ1v) is 12.4. The van der Waals surface area contributed by atoms with Crippen LogP contribution in [0.2, 0.25) is 0 Å². The summed E-state index contributed by atoms with van der Waals surface area (Å²) in [5.74, 6) is -2.19. The molecule has 4 amide bonds. The average molecular weight is 489 g/mol. The van der Waals surface area contributed by atoms with E-state index in [2.05, 4.69) is 10.6 Å². The standard InChI is InChI=1S/C25H40N6O4/c1-16(2)21-25(35)31(20(12-8-14-27)23(33)30-21)24(34)19(15-17-9-4-3-5-10-17)29-22(32)18(28)11-6-7-13-26/h3-5,9-10,16,18-21H,6-8,11-15,26-28H2,1-2H3,(H,29,32)(H,30,33)/t18-,19+,20-,21+/m1/s1. The third-order valence-electron chi connectivity index (χ3n) is 6.20. The topological polar surface area (TPSA) is 174 Å². The van der Waals surface area contributed by atoms with Crippen LogP contribution >= 0.6 is 0 Å². The van der Waals surface area contributed by atoms with Gasteiger partial charge in [0, 0.05) is 6.42 Å². The molecule has 0 aromatic heterocycles. The second kappa shape index (κ2) is 13.9. The van der Waals surface area contributed by atoms with Crippen molar-refractivity contribution >= 4 is 23.6 Å². The minimum absolute atomic E-state index is 0.155. The van der Waals surface area contributed by atoms with E-state index < -0.39 is 47.8 Å². The smallest absolute Gasteiger partial charge is 0.252 e. The lowest BCUT2D eigenvalue weighted by atomic mass is 9.94. The Bertz CT molecular complexity index is 863.